The van der Waals surface area contributed by atoms with E-state index in [1.54, 1.807) is 4.68 Å². The molecule has 0 amide bonds. The lowest BCUT2D eigenvalue weighted by atomic mass is 9.76. The van der Waals surface area contributed by atoms with E-state index in [-0.39, 0.29) is 17.4 Å². The average Bonchev–Trinajstić information content (AvgIpc) is 3.21. The molecule has 2 aromatic rings. The Morgan fingerprint density at radius 3 is 2.79 bits per heavy atom. The molecule has 0 radical (unpaired) electrons. The van der Waals surface area contributed by atoms with Gasteiger partial charge in [0.25, 0.3) is 0 Å². The minimum atomic E-state index is -0.282. The van der Waals surface area contributed by atoms with Gasteiger partial charge in [-0.05, 0) is 48.2 Å². The lowest BCUT2D eigenvalue weighted by Gasteiger charge is -2.37. The zero-order valence-electron chi connectivity index (χ0n) is 13.6. The molecule has 1 aliphatic carbocycles. The van der Waals surface area contributed by atoms with Crippen LogP contribution in [0.5, 0.6) is 0 Å². The summed E-state index contributed by atoms with van der Waals surface area (Å²) in [6.45, 7) is 2.21. The molecule has 128 valence electrons. The minimum Gasteiger partial charge on any atom is -0.392 e. The number of para-hydroxylation sites is 1. The number of rotatable bonds is 4. The van der Waals surface area contributed by atoms with E-state index in [0.29, 0.717) is 12.5 Å². The van der Waals surface area contributed by atoms with Crippen molar-refractivity contribution in [1.82, 2.24) is 20.2 Å². The molecular formula is C17H23N5O2. The van der Waals surface area contributed by atoms with Gasteiger partial charge in [-0.1, -0.05) is 23.3 Å². The predicted octanol–water partition coefficient (Wildman–Crippen LogP) is 1.64. The van der Waals surface area contributed by atoms with E-state index in [0.717, 1.165) is 44.6 Å². The summed E-state index contributed by atoms with van der Waals surface area (Å²) in [7, 11) is 0. The van der Waals surface area contributed by atoms with Crippen LogP contribution in [0.15, 0.2) is 30.3 Å². The van der Waals surface area contributed by atoms with Gasteiger partial charge < -0.3 is 15.2 Å². The standard InChI is InChI=1S/C17H23N5O2/c23-15-13(6-7-17(15)8-10-24-11-9-17)12-18-16-19-20-21-22(16)14-4-2-1-3-5-14/h1-5,13,15,23H,6-12H2,(H,18,19,21)/t13-,15-/m0/s1. The Morgan fingerprint density at radius 2 is 2.00 bits per heavy atom. The number of hydrogen-bond acceptors (Lipinski definition) is 6. The van der Waals surface area contributed by atoms with Gasteiger partial charge in [-0.25, -0.2) is 0 Å². The van der Waals surface area contributed by atoms with E-state index in [1.165, 1.54) is 0 Å². The SMILES string of the molecule is O[C@H]1[C@H](CNc2nnnn2-c2ccccc2)CCC12CCOCC2. The van der Waals surface area contributed by atoms with Crippen LogP contribution in [0.2, 0.25) is 0 Å². The van der Waals surface area contributed by atoms with Crippen molar-refractivity contribution in [3.05, 3.63) is 30.3 Å². The van der Waals surface area contributed by atoms with Crippen molar-refractivity contribution in [2.45, 2.75) is 31.8 Å². The van der Waals surface area contributed by atoms with Gasteiger partial charge in [0.1, 0.15) is 0 Å². The summed E-state index contributed by atoms with van der Waals surface area (Å²) >= 11 is 0. The highest BCUT2D eigenvalue weighted by molar-refractivity contribution is 5.38. The van der Waals surface area contributed by atoms with Crippen LogP contribution < -0.4 is 5.32 Å². The number of hydrogen-bond donors (Lipinski definition) is 2. The summed E-state index contributed by atoms with van der Waals surface area (Å²) in [5, 5.41) is 26.0. The zero-order chi connectivity index (χ0) is 16.4. The van der Waals surface area contributed by atoms with Crippen molar-refractivity contribution in [3.63, 3.8) is 0 Å². The molecule has 1 aromatic heterocycles. The predicted molar refractivity (Wildman–Crippen MR) is 88.9 cm³/mol. The molecule has 2 atom stereocenters. The molecular weight excluding hydrogens is 306 g/mol. The van der Waals surface area contributed by atoms with Gasteiger partial charge in [0.15, 0.2) is 0 Å². The summed E-state index contributed by atoms with van der Waals surface area (Å²) in [5.74, 6) is 0.838. The van der Waals surface area contributed by atoms with Crippen LogP contribution in [0.4, 0.5) is 5.95 Å². The molecule has 4 rings (SSSR count). The first-order valence-electron chi connectivity index (χ1n) is 8.62. The van der Waals surface area contributed by atoms with Crippen molar-refractivity contribution in [2.75, 3.05) is 25.1 Å². The molecule has 2 N–H and O–H groups in total. The molecule has 2 aliphatic rings. The Kier molecular flexibility index (Phi) is 4.20. The lowest BCUT2D eigenvalue weighted by Crippen LogP contribution is -2.40. The number of benzene rings is 1. The average molecular weight is 329 g/mol. The van der Waals surface area contributed by atoms with Gasteiger partial charge in [-0.3, -0.25) is 0 Å². The highest BCUT2D eigenvalue weighted by Gasteiger charge is 2.48. The normalized spacial score (nSPS) is 25.9. The molecule has 0 unspecified atom stereocenters. The zero-order valence-corrected chi connectivity index (χ0v) is 13.6. The fraction of sp³-hybridized carbons (Fsp3) is 0.588. The maximum atomic E-state index is 10.8. The van der Waals surface area contributed by atoms with Crippen molar-refractivity contribution in [1.29, 1.82) is 0 Å². The third kappa shape index (κ3) is 2.78. The van der Waals surface area contributed by atoms with E-state index in [4.69, 9.17) is 4.74 Å². The second-order valence-corrected chi connectivity index (χ2v) is 6.85. The van der Waals surface area contributed by atoms with E-state index in [1.807, 2.05) is 30.3 Å². The highest BCUT2D eigenvalue weighted by atomic mass is 16.5. The third-order valence-electron chi connectivity index (χ3n) is 5.57. The molecule has 24 heavy (non-hydrogen) atoms. The molecule has 1 spiro atoms. The van der Waals surface area contributed by atoms with E-state index >= 15 is 0 Å². The summed E-state index contributed by atoms with van der Waals surface area (Å²) < 4.78 is 7.15. The molecule has 2 fully saturated rings. The second-order valence-electron chi connectivity index (χ2n) is 6.85. The fourth-order valence-corrected chi connectivity index (χ4v) is 4.08. The van der Waals surface area contributed by atoms with Crippen molar-refractivity contribution >= 4 is 5.95 Å². The summed E-state index contributed by atoms with van der Waals surface area (Å²) in [6.07, 6.45) is 3.75. The number of tetrazole rings is 1. The number of nitrogens with one attached hydrogen (secondary N) is 1. The first-order valence-corrected chi connectivity index (χ1v) is 8.62. The lowest BCUT2D eigenvalue weighted by molar-refractivity contribution is -0.0545. The van der Waals surface area contributed by atoms with E-state index < -0.39 is 0 Å². The molecule has 1 saturated heterocycles. The first-order chi connectivity index (χ1) is 11.8. The molecule has 2 heterocycles. The number of ether oxygens (including phenoxy) is 1. The Bertz CT molecular complexity index is 669. The highest BCUT2D eigenvalue weighted by Crippen LogP contribution is 2.48. The smallest absolute Gasteiger partial charge is 0.247 e. The largest absolute Gasteiger partial charge is 0.392 e. The second kappa shape index (κ2) is 6.49. The number of anilines is 1. The van der Waals surface area contributed by atoms with Crippen LogP contribution in [0.3, 0.4) is 0 Å². The van der Waals surface area contributed by atoms with Gasteiger partial charge in [0.2, 0.25) is 5.95 Å². The first kappa shape index (κ1) is 15.5. The Balaban J connectivity index is 1.42. The van der Waals surface area contributed by atoms with Crippen molar-refractivity contribution in [2.24, 2.45) is 11.3 Å². The maximum Gasteiger partial charge on any atom is 0.247 e. The minimum absolute atomic E-state index is 0.0515. The summed E-state index contributed by atoms with van der Waals surface area (Å²) in [4.78, 5) is 0. The van der Waals surface area contributed by atoms with Crippen molar-refractivity contribution < 1.29 is 9.84 Å². The van der Waals surface area contributed by atoms with Crippen LogP contribution in [-0.4, -0.2) is 51.2 Å². The van der Waals surface area contributed by atoms with Crippen LogP contribution in [0.1, 0.15) is 25.7 Å². The topological polar surface area (TPSA) is 85.1 Å². The van der Waals surface area contributed by atoms with Crippen LogP contribution >= 0.6 is 0 Å². The van der Waals surface area contributed by atoms with Gasteiger partial charge in [0, 0.05) is 31.1 Å². The summed E-state index contributed by atoms with van der Waals surface area (Å²) in [6, 6.07) is 9.79. The van der Waals surface area contributed by atoms with Gasteiger partial charge >= 0.3 is 0 Å². The van der Waals surface area contributed by atoms with Crippen LogP contribution in [0.25, 0.3) is 5.69 Å². The molecule has 1 aliphatic heterocycles. The monoisotopic (exact) mass is 329 g/mol. The molecule has 0 bridgehead atoms. The molecule has 1 saturated carbocycles. The molecule has 7 nitrogen and oxygen atoms in total. The van der Waals surface area contributed by atoms with Crippen LogP contribution in [-0.2, 0) is 4.74 Å². The van der Waals surface area contributed by atoms with Gasteiger partial charge in [-0.15, -0.1) is 0 Å². The maximum absolute atomic E-state index is 10.8. The summed E-state index contributed by atoms with van der Waals surface area (Å²) in [5.41, 5.74) is 0.966. The van der Waals surface area contributed by atoms with E-state index in [2.05, 4.69) is 20.8 Å². The Hall–Kier alpha value is -1.99. The fourth-order valence-electron chi connectivity index (χ4n) is 4.08. The number of aliphatic hydroxyl groups is 1. The van der Waals surface area contributed by atoms with Crippen molar-refractivity contribution in [3.8, 4) is 5.69 Å². The number of aliphatic hydroxyl groups excluding tert-OH is 1. The number of nitrogens with zero attached hydrogens (tertiary/aromatic N) is 4. The Morgan fingerprint density at radius 1 is 1.21 bits per heavy atom. The van der Waals surface area contributed by atoms with E-state index in [9.17, 15) is 5.11 Å². The molecule has 1 aromatic carbocycles. The van der Waals surface area contributed by atoms with Crippen LogP contribution in [0, 0.1) is 11.3 Å². The van der Waals surface area contributed by atoms with Gasteiger partial charge in [0.05, 0.1) is 11.8 Å². The number of aromatic nitrogens is 4. The quantitative estimate of drug-likeness (QED) is 0.887. The Labute approximate surface area is 141 Å². The van der Waals surface area contributed by atoms with Gasteiger partial charge in [-0.2, -0.15) is 4.68 Å². The molecule has 7 heteroatoms. The third-order valence-corrected chi connectivity index (χ3v) is 5.57.